The number of hydrogen-bond acceptors (Lipinski definition) is 4. The molecule has 1 fully saturated rings. The highest BCUT2D eigenvalue weighted by atomic mass is 19.1. The normalized spacial score (nSPS) is 15.6. The van der Waals surface area contributed by atoms with E-state index >= 15 is 0 Å². The van der Waals surface area contributed by atoms with E-state index in [9.17, 15) is 9.50 Å². The number of benzene rings is 2. The van der Waals surface area contributed by atoms with E-state index in [1.807, 2.05) is 24.3 Å². The van der Waals surface area contributed by atoms with Crippen molar-refractivity contribution < 1.29 is 9.50 Å². The van der Waals surface area contributed by atoms with Crippen LogP contribution in [0.1, 0.15) is 5.56 Å². The minimum absolute atomic E-state index is 0.210. The van der Waals surface area contributed by atoms with Gasteiger partial charge in [0.1, 0.15) is 11.6 Å². The Labute approximate surface area is 146 Å². The fourth-order valence-corrected chi connectivity index (χ4v) is 3.42. The zero-order valence-electron chi connectivity index (χ0n) is 13.9. The van der Waals surface area contributed by atoms with Gasteiger partial charge in [0.2, 0.25) is 0 Å². The number of rotatable bonds is 3. The van der Waals surface area contributed by atoms with E-state index in [2.05, 4.69) is 14.8 Å². The summed E-state index contributed by atoms with van der Waals surface area (Å²) in [5.41, 5.74) is 2.94. The molecule has 2 heterocycles. The molecule has 0 unspecified atom stereocenters. The molecule has 2 aromatic carbocycles. The minimum Gasteiger partial charge on any atom is -0.508 e. The fourth-order valence-electron chi connectivity index (χ4n) is 3.42. The van der Waals surface area contributed by atoms with Crippen molar-refractivity contribution in [2.75, 3.05) is 31.1 Å². The van der Waals surface area contributed by atoms with Gasteiger partial charge in [0.15, 0.2) is 0 Å². The van der Waals surface area contributed by atoms with Crippen LogP contribution in [0.25, 0.3) is 10.9 Å². The second-order valence-corrected chi connectivity index (χ2v) is 6.42. The molecule has 0 aliphatic carbocycles. The largest absolute Gasteiger partial charge is 0.508 e. The third-order valence-electron chi connectivity index (χ3n) is 4.73. The summed E-state index contributed by atoms with van der Waals surface area (Å²) in [6.45, 7) is 4.34. The van der Waals surface area contributed by atoms with E-state index in [1.165, 1.54) is 6.07 Å². The topological polar surface area (TPSA) is 39.6 Å². The molecule has 0 bridgehead atoms. The molecule has 25 heavy (non-hydrogen) atoms. The number of pyridine rings is 1. The average molecular weight is 337 g/mol. The number of anilines is 1. The molecule has 1 aliphatic heterocycles. The number of fused-ring (bicyclic) bond motifs is 1. The predicted molar refractivity (Wildman–Crippen MR) is 97.3 cm³/mol. The van der Waals surface area contributed by atoms with Crippen LogP contribution >= 0.6 is 0 Å². The van der Waals surface area contributed by atoms with Crippen molar-refractivity contribution in [3.63, 3.8) is 0 Å². The van der Waals surface area contributed by atoms with Crippen LogP contribution in [0.3, 0.4) is 0 Å². The summed E-state index contributed by atoms with van der Waals surface area (Å²) < 4.78 is 13.9. The zero-order valence-corrected chi connectivity index (χ0v) is 13.9. The maximum atomic E-state index is 13.9. The molecule has 5 heteroatoms. The van der Waals surface area contributed by atoms with Crippen LogP contribution < -0.4 is 4.90 Å². The summed E-state index contributed by atoms with van der Waals surface area (Å²) in [6, 6.07) is 14.2. The number of piperazine rings is 1. The molecular formula is C20H20FN3O. The molecule has 4 nitrogen and oxygen atoms in total. The van der Waals surface area contributed by atoms with Gasteiger partial charge in [-0.3, -0.25) is 9.88 Å². The standard InChI is InChI=1S/C20H20FN3O/c21-17-12-15-2-1-7-22-20(15)16(13-17)14-23-8-10-24(11-9-23)18-3-5-19(25)6-4-18/h1-7,12-13,25H,8-11,14H2. The van der Waals surface area contributed by atoms with Crippen molar-refractivity contribution in [2.24, 2.45) is 0 Å². The Bertz CT molecular complexity index is 874. The van der Waals surface area contributed by atoms with Crippen LogP contribution in [0.15, 0.2) is 54.7 Å². The molecule has 0 atom stereocenters. The lowest BCUT2D eigenvalue weighted by Gasteiger charge is -2.36. The Kier molecular flexibility index (Phi) is 4.24. The zero-order chi connectivity index (χ0) is 17.2. The third-order valence-corrected chi connectivity index (χ3v) is 4.73. The highest BCUT2D eigenvalue weighted by Crippen LogP contribution is 2.23. The maximum absolute atomic E-state index is 13.9. The number of phenolic OH excluding ortho intramolecular Hbond substituents is 1. The molecule has 1 aliphatic rings. The van der Waals surface area contributed by atoms with Crippen LogP contribution in [0, 0.1) is 5.82 Å². The summed E-state index contributed by atoms with van der Waals surface area (Å²) >= 11 is 0. The molecule has 0 saturated carbocycles. The first-order valence-corrected chi connectivity index (χ1v) is 8.48. The highest BCUT2D eigenvalue weighted by molar-refractivity contribution is 5.81. The van der Waals surface area contributed by atoms with Crippen molar-refractivity contribution in [3.8, 4) is 5.75 Å². The van der Waals surface area contributed by atoms with Gasteiger partial charge < -0.3 is 10.0 Å². The third kappa shape index (κ3) is 3.42. The lowest BCUT2D eigenvalue weighted by molar-refractivity contribution is 0.250. The monoisotopic (exact) mass is 337 g/mol. The van der Waals surface area contributed by atoms with Gasteiger partial charge >= 0.3 is 0 Å². The Balaban J connectivity index is 1.46. The van der Waals surface area contributed by atoms with E-state index < -0.39 is 0 Å². The van der Waals surface area contributed by atoms with E-state index in [1.54, 1.807) is 24.4 Å². The quantitative estimate of drug-likeness (QED) is 0.795. The average Bonchev–Trinajstić information content (AvgIpc) is 2.63. The summed E-state index contributed by atoms with van der Waals surface area (Å²) in [5, 5.41) is 10.3. The van der Waals surface area contributed by atoms with Gasteiger partial charge in [-0.15, -0.1) is 0 Å². The number of halogens is 1. The number of aromatic nitrogens is 1. The van der Waals surface area contributed by atoms with Crippen molar-refractivity contribution in [2.45, 2.75) is 6.54 Å². The van der Waals surface area contributed by atoms with Gasteiger partial charge in [0, 0.05) is 50.0 Å². The van der Waals surface area contributed by atoms with Crippen LogP contribution in [-0.2, 0) is 6.54 Å². The van der Waals surface area contributed by atoms with Crippen molar-refractivity contribution in [1.29, 1.82) is 0 Å². The molecule has 1 saturated heterocycles. The summed E-state index contributed by atoms with van der Waals surface area (Å²) in [4.78, 5) is 9.07. The second kappa shape index (κ2) is 6.69. The number of nitrogens with zero attached hydrogens (tertiary/aromatic N) is 3. The molecule has 1 N–H and O–H groups in total. The Morgan fingerprint density at radius 2 is 1.76 bits per heavy atom. The van der Waals surface area contributed by atoms with Crippen LogP contribution in [0.2, 0.25) is 0 Å². The summed E-state index contributed by atoms with van der Waals surface area (Å²) in [6.07, 6.45) is 1.76. The van der Waals surface area contributed by atoms with Crippen molar-refractivity contribution in [1.82, 2.24) is 9.88 Å². The fraction of sp³-hybridized carbons (Fsp3) is 0.250. The molecule has 0 amide bonds. The van der Waals surface area contributed by atoms with Gasteiger partial charge in [-0.05, 0) is 48.0 Å². The number of aromatic hydroxyl groups is 1. The molecular weight excluding hydrogens is 317 g/mol. The SMILES string of the molecule is Oc1ccc(N2CCN(Cc3cc(F)cc4cccnc34)CC2)cc1. The molecule has 3 aromatic rings. The van der Waals surface area contributed by atoms with E-state index in [4.69, 9.17) is 0 Å². The lowest BCUT2D eigenvalue weighted by Crippen LogP contribution is -2.46. The van der Waals surface area contributed by atoms with Gasteiger partial charge in [0.25, 0.3) is 0 Å². The number of hydrogen-bond donors (Lipinski definition) is 1. The molecule has 1 aromatic heterocycles. The van der Waals surface area contributed by atoms with Crippen LogP contribution in [-0.4, -0.2) is 41.2 Å². The van der Waals surface area contributed by atoms with Crippen LogP contribution in [0.5, 0.6) is 5.75 Å². The van der Waals surface area contributed by atoms with Gasteiger partial charge in [-0.25, -0.2) is 4.39 Å². The van der Waals surface area contributed by atoms with Crippen molar-refractivity contribution in [3.05, 3.63) is 66.1 Å². The lowest BCUT2D eigenvalue weighted by atomic mass is 10.1. The van der Waals surface area contributed by atoms with E-state index in [-0.39, 0.29) is 11.6 Å². The van der Waals surface area contributed by atoms with E-state index in [0.29, 0.717) is 6.54 Å². The number of phenols is 1. The Morgan fingerprint density at radius 1 is 1.00 bits per heavy atom. The first kappa shape index (κ1) is 15.8. The van der Waals surface area contributed by atoms with Crippen molar-refractivity contribution >= 4 is 16.6 Å². The first-order valence-electron chi connectivity index (χ1n) is 8.48. The van der Waals surface area contributed by atoms with E-state index in [0.717, 1.165) is 48.3 Å². The van der Waals surface area contributed by atoms with Gasteiger partial charge in [-0.2, -0.15) is 0 Å². The molecule has 128 valence electrons. The molecule has 4 rings (SSSR count). The summed E-state index contributed by atoms with van der Waals surface area (Å²) in [7, 11) is 0. The summed E-state index contributed by atoms with van der Waals surface area (Å²) in [5.74, 6) is 0.0751. The smallest absolute Gasteiger partial charge is 0.124 e. The van der Waals surface area contributed by atoms with Gasteiger partial charge in [0.05, 0.1) is 5.52 Å². The van der Waals surface area contributed by atoms with Crippen LogP contribution in [0.4, 0.5) is 10.1 Å². The van der Waals surface area contributed by atoms with Gasteiger partial charge in [-0.1, -0.05) is 6.07 Å². The maximum Gasteiger partial charge on any atom is 0.124 e. The molecule has 0 radical (unpaired) electrons. The molecule has 0 spiro atoms. The highest BCUT2D eigenvalue weighted by Gasteiger charge is 2.18. The first-order chi connectivity index (χ1) is 12.2. The Hall–Kier alpha value is -2.66. The Morgan fingerprint density at radius 3 is 2.52 bits per heavy atom. The minimum atomic E-state index is -0.210. The second-order valence-electron chi connectivity index (χ2n) is 6.42. The predicted octanol–water partition coefficient (Wildman–Crippen LogP) is 3.40.